The minimum atomic E-state index is 0.232. The quantitative estimate of drug-likeness (QED) is 0.745. The summed E-state index contributed by atoms with van der Waals surface area (Å²) in [5.74, 6) is 0.521. The number of hydrogen-bond acceptors (Lipinski definition) is 5. The zero-order valence-electron chi connectivity index (χ0n) is 11.5. The maximum absolute atomic E-state index is 5.81. The Bertz CT molecular complexity index is 714. The molecule has 0 aliphatic heterocycles. The number of aryl methyl sites for hydroxylation is 1. The van der Waals surface area contributed by atoms with Crippen molar-refractivity contribution in [3.05, 3.63) is 30.9 Å². The zero-order chi connectivity index (χ0) is 14.1. The molecule has 2 heterocycles. The fraction of sp³-hybridized carbons (Fsp3) is 0.308. The Kier molecular flexibility index (Phi) is 3.02. The summed E-state index contributed by atoms with van der Waals surface area (Å²) in [6, 6.07) is 6.28. The number of nitrogens with one attached hydrogen (secondary N) is 1. The van der Waals surface area contributed by atoms with Gasteiger partial charge in [-0.05, 0) is 25.1 Å². The van der Waals surface area contributed by atoms with Gasteiger partial charge in [0.2, 0.25) is 5.95 Å². The Morgan fingerprint density at radius 3 is 3.00 bits per heavy atom. The molecule has 104 valence electrons. The van der Waals surface area contributed by atoms with E-state index in [0.717, 1.165) is 23.3 Å². The van der Waals surface area contributed by atoms with Gasteiger partial charge in [-0.2, -0.15) is 5.10 Å². The molecule has 0 aliphatic rings. The van der Waals surface area contributed by atoms with Crippen molar-refractivity contribution in [3.8, 4) is 0 Å². The fourth-order valence-corrected chi connectivity index (χ4v) is 2.25. The van der Waals surface area contributed by atoms with Crippen molar-refractivity contribution in [2.45, 2.75) is 19.5 Å². The molecule has 0 bridgehead atoms. The number of benzene rings is 1. The van der Waals surface area contributed by atoms with Crippen molar-refractivity contribution in [2.75, 3.05) is 11.1 Å². The summed E-state index contributed by atoms with van der Waals surface area (Å²) in [6.45, 7) is 2.85. The second-order valence-electron chi connectivity index (χ2n) is 4.90. The van der Waals surface area contributed by atoms with E-state index >= 15 is 0 Å². The van der Waals surface area contributed by atoms with E-state index in [4.69, 9.17) is 5.73 Å². The summed E-state index contributed by atoms with van der Waals surface area (Å²) in [6.07, 6.45) is 3.25. The molecule has 3 N–H and O–H groups in total. The van der Waals surface area contributed by atoms with E-state index < -0.39 is 0 Å². The Morgan fingerprint density at radius 2 is 2.25 bits per heavy atom. The molecular weight excluding hydrogens is 254 g/mol. The van der Waals surface area contributed by atoms with E-state index in [-0.39, 0.29) is 6.04 Å². The number of anilines is 2. The molecule has 2 aromatic heterocycles. The fourth-order valence-electron chi connectivity index (χ4n) is 2.25. The first kappa shape index (κ1) is 12.5. The van der Waals surface area contributed by atoms with Gasteiger partial charge in [-0.3, -0.25) is 4.68 Å². The van der Waals surface area contributed by atoms with Gasteiger partial charge in [-0.15, -0.1) is 0 Å². The highest BCUT2D eigenvalue weighted by atomic mass is 15.3. The largest absolute Gasteiger partial charge is 0.381 e. The number of fused-ring (bicyclic) bond motifs is 1. The van der Waals surface area contributed by atoms with Crippen molar-refractivity contribution in [1.82, 2.24) is 24.3 Å². The highest BCUT2D eigenvalue weighted by Crippen LogP contribution is 2.21. The number of aromatic nitrogens is 5. The molecule has 20 heavy (non-hydrogen) atoms. The minimum Gasteiger partial charge on any atom is -0.381 e. The molecule has 0 spiro atoms. The SMILES string of the molecule is C[C@H](Cn1cncn1)Nc1ccc2c(c1)nc(N)n2C. The summed E-state index contributed by atoms with van der Waals surface area (Å²) < 4.78 is 3.67. The Balaban J connectivity index is 1.77. The third-order valence-electron chi connectivity index (χ3n) is 3.26. The van der Waals surface area contributed by atoms with Crippen LogP contribution in [0.5, 0.6) is 0 Å². The summed E-state index contributed by atoms with van der Waals surface area (Å²) >= 11 is 0. The molecule has 0 saturated carbocycles. The van der Waals surface area contributed by atoms with Crippen LogP contribution in [0.15, 0.2) is 30.9 Å². The second-order valence-corrected chi connectivity index (χ2v) is 4.90. The van der Waals surface area contributed by atoms with Gasteiger partial charge < -0.3 is 15.6 Å². The second kappa shape index (κ2) is 4.84. The monoisotopic (exact) mass is 271 g/mol. The van der Waals surface area contributed by atoms with Crippen LogP contribution in [0.1, 0.15) is 6.92 Å². The maximum atomic E-state index is 5.81. The Hall–Kier alpha value is -2.57. The summed E-state index contributed by atoms with van der Waals surface area (Å²) in [4.78, 5) is 8.26. The standard InChI is InChI=1S/C13H17N7/c1-9(6-20-8-15-7-16-20)17-10-3-4-12-11(5-10)18-13(14)19(12)2/h3-5,7-9,17H,6H2,1-2H3,(H2,14,18)/t9-/m1/s1. The van der Waals surface area contributed by atoms with Crippen LogP contribution in [0.4, 0.5) is 11.6 Å². The first-order chi connectivity index (χ1) is 9.63. The van der Waals surface area contributed by atoms with Gasteiger partial charge in [0, 0.05) is 18.8 Å². The van der Waals surface area contributed by atoms with E-state index in [2.05, 4.69) is 27.3 Å². The van der Waals surface area contributed by atoms with Crippen LogP contribution in [0.2, 0.25) is 0 Å². The summed E-state index contributed by atoms with van der Waals surface area (Å²) in [5, 5.41) is 7.52. The van der Waals surface area contributed by atoms with Crippen molar-refractivity contribution in [2.24, 2.45) is 7.05 Å². The average molecular weight is 271 g/mol. The number of imidazole rings is 1. The van der Waals surface area contributed by atoms with Gasteiger partial charge in [0.1, 0.15) is 12.7 Å². The van der Waals surface area contributed by atoms with Crippen LogP contribution in [-0.4, -0.2) is 30.4 Å². The van der Waals surface area contributed by atoms with Gasteiger partial charge >= 0.3 is 0 Å². The normalized spacial score (nSPS) is 12.7. The topological polar surface area (TPSA) is 86.6 Å². The molecule has 0 radical (unpaired) electrons. The molecule has 0 unspecified atom stereocenters. The smallest absolute Gasteiger partial charge is 0.200 e. The van der Waals surface area contributed by atoms with E-state index in [9.17, 15) is 0 Å². The molecule has 3 rings (SSSR count). The molecule has 1 atom stereocenters. The lowest BCUT2D eigenvalue weighted by molar-refractivity contribution is 0.559. The first-order valence-corrected chi connectivity index (χ1v) is 6.44. The molecule has 7 heteroatoms. The lowest BCUT2D eigenvalue weighted by Gasteiger charge is -2.15. The van der Waals surface area contributed by atoms with Gasteiger partial charge in [0.05, 0.1) is 17.6 Å². The van der Waals surface area contributed by atoms with Gasteiger partial charge in [0.25, 0.3) is 0 Å². The average Bonchev–Trinajstić information content (AvgIpc) is 2.99. The molecule has 0 fully saturated rings. The van der Waals surface area contributed by atoms with Crippen molar-refractivity contribution < 1.29 is 0 Å². The van der Waals surface area contributed by atoms with Crippen LogP contribution >= 0.6 is 0 Å². The minimum absolute atomic E-state index is 0.232. The number of rotatable bonds is 4. The van der Waals surface area contributed by atoms with Crippen molar-refractivity contribution in [3.63, 3.8) is 0 Å². The molecule has 3 aromatic rings. The van der Waals surface area contributed by atoms with Crippen molar-refractivity contribution >= 4 is 22.7 Å². The highest BCUT2D eigenvalue weighted by Gasteiger charge is 2.08. The van der Waals surface area contributed by atoms with Crippen LogP contribution in [0.3, 0.4) is 0 Å². The van der Waals surface area contributed by atoms with Crippen LogP contribution in [0.25, 0.3) is 11.0 Å². The first-order valence-electron chi connectivity index (χ1n) is 6.44. The number of nitrogens with two attached hydrogens (primary N) is 1. The third-order valence-corrected chi connectivity index (χ3v) is 3.26. The maximum Gasteiger partial charge on any atom is 0.200 e. The highest BCUT2D eigenvalue weighted by molar-refractivity contribution is 5.81. The molecule has 1 aromatic carbocycles. The third kappa shape index (κ3) is 2.29. The van der Waals surface area contributed by atoms with Crippen molar-refractivity contribution in [1.29, 1.82) is 0 Å². The summed E-state index contributed by atoms with van der Waals surface area (Å²) in [5.41, 5.74) is 8.74. The Morgan fingerprint density at radius 1 is 1.40 bits per heavy atom. The number of hydrogen-bond donors (Lipinski definition) is 2. The Labute approximate surface area is 116 Å². The molecule has 0 saturated heterocycles. The van der Waals surface area contributed by atoms with E-state index in [1.807, 2.05) is 29.8 Å². The number of nitrogens with zero attached hydrogens (tertiary/aromatic N) is 5. The van der Waals surface area contributed by atoms with E-state index in [1.165, 1.54) is 6.33 Å². The van der Waals surface area contributed by atoms with Gasteiger partial charge in [-0.1, -0.05) is 0 Å². The predicted octanol–water partition coefficient (Wildman–Crippen LogP) is 1.25. The predicted molar refractivity (Wildman–Crippen MR) is 78.2 cm³/mol. The van der Waals surface area contributed by atoms with Gasteiger partial charge in [0.15, 0.2) is 0 Å². The molecule has 7 nitrogen and oxygen atoms in total. The van der Waals surface area contributed by atoms with E-state index in [0.29, 0.717) is 5.95 Å². The number of nitrogen functional groups attached to an aromatic ring is 1. The lowest BCUT2D eigenvalue weighted by Crippen LogP contribution is -2.22. The van der Waals surface area contributed by atoms with Crippen LogP contribution in [0, 0.1) is 0 Å². The molecule has 0 aliphatic carbocycles. The molecular formula is C13H17N7. The lowest BCUT2D eigenvalue weighted by atomic mass is 10.2. The molecule has 0 amide bonds. The van der Waals surface area contributed by atoms with Gasteiger partial charge in [-0.25, -0.2) is 9.97 Å². The summed E-state index contributed by atoms with van der Waals surface area (Å²) in [7, 11) is 1.91. The van der Waals surface area contributed by atoms with E-state index in [1.54, 1.807) is 11.0 Å². The van der Waals surface area contributed by atoms with Crippen LogP contribution in [-0.2, 0) is 13.6 Å². The zero-order valence-corrected chi connectivity index (χ0v) is 11.5. The van der Waals surface area contributed by atoms with Crippen LogP contribution < -0.4 is 11.1 Å².